The quantitative estimate of drug-likeness (QED) is 0.789. The second-order valence-corrected chi connectivity index (χ2v) is 2.36. The van der Waals surface area contributed by atoms with E-state index in [-0.39, 0.29) is 12.4 Å². The Morgan fingerprint density at radius 3 is 2.77 bits per heavy atom. The van der Waals surface area contributed by atoms with Gasteiger partial charge in [0.2, 0.25) is 0 Å². The molecule has 0 aliphatic carbocycles. The molecule has 0 unspecified atom stereocenters. The van der Waals surface area contributed by atoms with Gasteiger partial charge in [0.25, 0.3) is 0 Å². The Bertz CT molecular complexity index is 311. The molecule has 0 aliphatic rings. The molecule has 0 spiro atoms. The molecule has 74 valence electrons. The van der Waals surface area contributed by atoms with Crippen LogP contribution < -0.4 is 16.1 Å². The maximum absolute atomic E-state index is 10.8. The smallest absolute Gasteiger partial charge is 0.339 e. The van der Waals surface area contributed by atoms with E-state index in [1.54, 1.807) is 13.0 Å². The maximum atomic E-state index is 10.8. The van der Waals surface area contributed by atoms with E-state index in [9.17, 15) is 4.79 Å². The Kier molecular flexibility index (Phi) is 5.18. The van der Waals surface area contributed by atoms with Gasteiger partial charge in [-0.1, -0.05) is 0 Å². The molecule has 4 nitrogen and oxygen atoms in total. The van der Waals surface area contributed by atoms with Crippen molar-refractivity contribution in [1.82, 2.24) is 0 Å². The fourth-order valence-corrected chi connectivity index (χ4v) is 0.836. The third-order valence-electron chi connectivity index (χ3n) is 1.25. The van der Waals surface area contributed by atoms with Crippen molar-refractivity contribution in [3.8, 4) is 5.75 Å². The lowest BCUT2D eigenvalue weighted by atomic mass is 10.4. The lowest BCUT2D eigenvalue weighted by molar-refractivity contribution is 0.321. The molecule has 1 aromatic heterocycles. The van der Waals surface area contributed by atoms with Gasteiger partial charge in [-0.25, -0.2) is 4.79 Å². The standard InChI is InChI=1S/C8H11NO3.ClH/c1-6-4-7(11-3-2-9)5-8(10)12-6;/h4-5H,2-3,9H2,1H3;1H. The first-order chi connectivity index (χ1) is 5.72. The Labute approximate surface area is 82.1 Å². The summed E-state index contributed by atoms with van der Waals surface area (Å²) >= 11 is 0. The van der Waals surface area contributed by atoms with Gasteiger partial charge >= 0.3 is 5.63 Å². The van der Waals surface area contributed by atoms with Crippen LogP contribution in [0.5, 0.6) is 5.75 Å². The molecule has 0 bridgehead atoms. The van der Waals surface area contributed by atoms with Gasteiger partial charge in [-0.05, 0) is 6.92 Å². The average Bonchev–Trinajstić information content (AvgIpc) is 1.99. The minimum Gasteiger partial charge on any atom is -0.492 e. The van der Waals surface area contributed by atoms with E-state index in [1.165, 1.54) is 6.07 Å². The first kappa shape index (κ1) is 12.0. The predicted molar refractivity (Wildman–Crippen MR) is 51.5 cm³/mol. The van der Waals surface area contributed by atoms with Gasteiger partial charge in [0, 0.05) is 12.6 Å². The zero-order chi connectivity index (χ0) is 8.97. The SMILES string of the molecule is Cc1cc(OCCN)cc(=O)o1.Cl. The van der Waals surface area contributed by atoms with E-state index in [4.69, 9.17) is 14.9 Å². The molecule has 0 saturated carbocycles. The molecule has 0 saturated heterocycles. The van der Waals surface area contributed by atoms with Gasteiger partial charge in [0.05, 0.1) is 6.07 Å². The molecule has 2 N–H and O–H groups in total. The maximum Gasteiger partial charge on any atom is 0.339 e. The summed E-state index contributed by atoms with van der Waals surface area (Å²) in [5.41, 5.74) is 4.82. The topological polar surface area (TPSA) is 65.5 Å². The molecule has 0 aromatic carbocycles. The summed E-state index contributed by atoms with van der Waals surface area (Å²) in [6.07, 6.45) is 0. The van der Waals surface area contributed by atoms with E-state index in [0.717, 1.165) is 0 Å². The van der Waals surface area contributed by atoms with E-state index >= 15 is 0 Å². The Morgan fingerprint density at radius 2 is 2.23 bits per heavy atom. The van der Waals surface area contributed by atoms with Gasteiger partial charge < -0.3 is 14.9 Å². The zero-order valence-electron chi connectivity index (χ0n) is 7.28. The summed E-state index contributed by atoms with van der Waals surface area (Å²) < 4.78 is 9.86. The molecule has 0 radical (unpaired) electrons. The minimum atomic E-state index is -0.401. The lowest BCUT2D eigenvalue weighted by Crippen LogP contribution is -2.11. The van der Waals surface area contributed by atoms with E-state index < -0.39 is 5.63 Å². The third kappa shape index (κ3) is 3.96. The van der Waals surface area contributed by atoms with Crippen LogP contribution in [0.1, 0.15) is 5.76 Å². The number of ether oxygens (including phenoxy) is 1. The summed E-state index contributed by atoms with van der Waals surface area (Å²) in [6.45, 7) is 2.53. The minimum absolute atomic E-state index is 0. The van der Waals surface area contributed by atoms with Crippen molar-refractivity contribution in [2.75, 3.05) is 13.2 Å². The first-order valence-electron chi connectivity index (χ1n) is 3.67. The van der Waals surface area contributed by atoms with Crippen LogP contribution in [0, 0.1) is 6.92 Å². The summed E-state index contributed by atoms with van der Waals surface area (Å²) in [5.74, 6) is 1.05. The number of rotatable bonds is 3. The number of hydrogen-bond donors (Lipinski definition) is 1. The Hall–Kier alpha value is -1.00. The molecule has 1 heterocycles. The fourth-order valence-electron chi connectivity index (χ4n) is 0.836. The van der Waals surface area contributed by atoms with Crippen molar-refractivity contribution < 1.29 is 9.15 Å². The molecule has 13 heavy (non-hydrogen) atoms. The van der Waals surface area contributed by atoms with Crippen LogP contribution in [0.4, 0.5) is 0 Å². The van der Waals surface area contributed by atoms with Gasteiger partial charge in [0.1, 0.15) is 18.1 Å². The van der Waals surface area contributed by atoms with Crippen LogP contribution in [-0.4, -0.2) is 13.2 Å². The number of halogens is 1. The van der Waals surface area contributed by atoms with Crippen molar-refractivity contribution >= 4 is 12.4 Å². The molecule has 0 atom stereocenters. The van der Waals surface area contributed by atoms with Crippen molar-refractivity contribution in [3.05, 3.63) is 28.3 Å². The van der Waals surface area contributed by atoms with Crippen molar-refractivity contribution in [2.24, 2.45) is 5.73 Å². The molecule has 0 fully saturated rings. The summed E-state index contributed by atoms with van der Waals surface area (Å²) in [7, 11) is 0. The van der Waals surface area contributed by atoms with Crippen LogP contribution in [0.15, 0.2) is 21.3 Å². The van der Waals surface area contributed by atoms with E-state index in [0.29, 0.717) is 24.7 Å². The predicted octanol–water partition coefficient (Wildman–Crippen LogP) is 0.708. The van der Waals surface area contributed by atoms with Gasteiger partial charge in [0.15, 0.2) is 0 Å². The monoisotopic (exact) mass is 205 g/mol. The van der Waals surface area contributed by atoms with Crippen LogP contribution in [0.25, 0.3) is 0 Å². The highest BCUT2D eigenvalue weighted by Gasteiger charge is 1.97. The zero-order valence-corrected chi connectivity index (χ0v) is 8.10. The van der Waals surface area contributed by atoms with Crippen molar-refractivity contribution in [2.45, 2.75) is 6.92 Å². The number of nitrogens with two attached hydrogens (primary N) is 1. The van der Waals surface area contributed by atoms with Crippen LogP contribution >= 0.6 is 12.4 Å². The average molecular weight is 206 g/mol. The lowest BCUT2D eigenvalue weighted by Gasteiger charge is -2.02. The molecular weight excluding hydrogens is 194 g/mol. The highest BCUT2D eigenvalue weighted by molar-refractivity contribution is 5.85. The second kappa shape index (κ2) is 5.61. The highest BCUT2D eigenvalue weighted by Crippen LogP contribution is 2.08. The molecule has 0 aliphatic heterocycles. The fraction of sp³-hybridized carbons (Fsp3) is 0.375. The van der Waals surface area contributed by atoms with Crippen LogP contribution in [-0.2, 0) is 0 Å². The van der Waals surface area contributed by atoms with E-state index in [2.05, 4.69) is 0 Å². The van der Waals surface area contributed by atoms with Crippen molar-refractivity contribution in [1.29, 1.82) is 0 Å². The van der Waals surface area contributed by atoms with Crippen molar-refractivity contribution in [3.63, 3.8) is 0 Å². The normalized spacial score (nSPS) is 9.08. The summed E-state index contributed by atoms with van der Waals surface area (Å²) in [6, 6.07) is 2.94. The molecule has 0 amide bonds. The number of aryl methyl sites for hydroxylation is 1. The summed E-state index contributed by atoms with van der Waals surface area (Å²) in [5, 5.41) is 0. The van der Waals surface area contributed by atoms with E-state index in [1.807, 2.05) is 0 Å². The Balaban J connectivity index is 0.00000144. The van der Waals surface area contributed by atoms with Crippen LogP contribution in [0.2, 0.25) is 0 Å². The summed E-state index contributed by atoms with van der Waals surface area (Å²) in [4.78, 5) is 10.8. The molecular formula is C8H12ClNO3. The van der Waals surface area contributed by atoms with Crippen LogP contribution in [0.3, 0.4) is 0 Å². The first-order valence-corrected chi connectivity index (χ1v) is 3.67. The molecule has 1 rings (SSSR count). The van der Waals surface area contributed by atoms with Gasteiger partial charge in [-0.3, -0.25) is 0 Å². The largest absolute Gasteiger partial charge is 0.492 e. The third-order valence-corrected chi connectivity index (χ3v) is 1.25. The van der Waals surface area contributed by atoms with Gasteiger partial charge in [-0.2, -0.15) is 0 Å². The number of hydrogen-bond acceptors (Lipinski definition) is 4. The van der Waals surface area contributed by atoms with Gasteiger partial charge in [-0.15, -0.1) is 12.4 Å². The Morgan fingerprint density at radius 1 is 1.54 bits per heavy atom. The molecule has 1 aromatic rings. The second-order valence-electron chi connectivity index (χ2n) is 2.36. The highest BCUT2D eigenvalue weighted by atomic mass is 35.5. The molecule has 5 heteroatoms.